The van der Waals surface area contributed by atoms with Crippen LogP contribution in [0.25, 0.3) is 0 Å². The average molecular weight is 422 g/mol. The van der Waals surface area contributed by atoms with Crippen molar-refractivity contribution in [2.75, 3.05) is 30.0 Å². The summed E-state index contributed by atoms with van der Waals surface area (Å²) in [5, 5.41) is 2.47. The monoisotopic (exact) mass is 422 g/mol. The van der Waals surface area contributed by atoms with Crippen LogP contribution < -0.4 is 16.0 Å². The Hall–Kier alpha value is -2.59. The summed E-state index contributed by atoms with van der Waals surface area (Å²) in [4.78, 5) is 40.2. The van der Waals surface area contributed by atoms with Crippen LogP contribution in [0.2, 0.25) is 0 Å². The molecule has 8 nitrogen and oxygen atoms in total. The molecular formula is C20H24F2N4O4. The van der Waals surface area contributed by atoms with Gasteiger partial charge in [-0.1, -0.05) is 0 Å². The van der Waals surface area contributed by atoms with E-state index in [1.54, 1.807) is 0 Å². The summed E-state index contributed by atoms with van der Waals surface area (Å²) in [6.45, 7) is 0.461. The number of benzene rings is 1. The number of carbonyl (C=O) groups excluding carboxylic acids is 3. The fraction of sp³-hybridized carbons (Fsp3) is 0.550. The van der Waals surface area contributed by atoms with E-state index < -0.39 is 29.8 Å². The first-order chi connectivity index (χ1) is 14.4. The highest BCUT2D eigenvalue weighted by atomic mass is 19.3. The number of halogens is 2. The standard InChI is InChI=1S/C20H24F2N4O4/c21-18(22)14-9-13(25-7-8-30-10-16(25)27)5-6-15(14)24-20(29)17(19(23)28)26(11-1-2-11)12-3-4-12/h5-6,9,11-12,17-18H,1-4,7-8,10H2,(H2,23,28)(H,24,29)/t17-/m0/s1. The molecule has 3 N–H and O–H groups in total. The van der Waals surface area contributed by atoms with E-state index in [2.05, 4.69) is 5.32 Å². The molecule has 0 unspecified atom stereocenters. The molecule has 4 rings (SSSR count). The largest absolute Gasteiger partial charge is 0.370 e. The zero-order valence-corrected chi connectivity index (χ0v) is 16.4. The number of hydrogen-bond donors (Lipinski definition) is 2. The first-order valence-corrected chi connectivity index (χ1v) is 10.0. The Balaban J connectivity index is 1.57. The highest BCUT2D eigenvalue weighted by Gasteiger charge is 2.47. The van der Waals surface area contributed by atoms with Crippen LogP contribution in [0, 0.1) is 0 Å². The maximum atomic E-state index is 13.7. The third-order valence-electron chi connectivity index (χ3n) is 5.58. The van der Waals surface area contributed by atoms with Gasteiger partial charge in [0.1, 0.15) is 6.61 Å². The topological polar surface area (TPSA) is 105 Å². The fourth-order valence-electron chi connectivity index (χ4n) is 3.88. The molecule has 0 spiro atoms. The van der Waals surface area contributed by atoms with Crippen molar-refractivity contribution in [3.8, 4) is 0 Å². The van der Waals surface area contributed by atoms with Gasteiger partial charge in [-0.15, -0.1) is 0 Å². The van der Waals surface area contributed by atoms with E-state index in [1.807, 2.05) is 4.90 Å². The Morgan fingerprint density at radius 2 is 1.87 bits per heavy atom. The minimum absolute atomic E-state index is 0.0998. The highest BCUT2D eigenvalue weighted by Crippen LogP contribution is 2.39. The summed E-state index contributed by atoms with van der Waals surface area (Å²) in [5.41, 5.74) is 5.30. The number of primary amides is 1. The lowest BCUT2D eigenvalue weighted by atomic mass is 10.1. The molecule has 0 bridgehead atoms. The molecule has 162 valence electrons. The van der Waals surface area contributed by atoms with E-state index in [0.29, 0.717) is 12.3 Å². The van der Waals surface area contributed by atoms with E-state index >= 15 is 0 Å². The predicted molar refractivity (Wildman–Crippen MR) is 104 cm³/mol. The smallest absolute Gasteiger partial charge is 0.265 e. The van der Waals surface area contributed by atoms with Gasteiger partial charge in [-0.25, -0.2) is 8.78 Å². The van der Waals surface area contributed by atoms with Gasteiger partial charge in [0, 0.05) is 35.6 Å². The first kappa shape index (κ1) is 20.7. The predicted octanol–water partition coefficient (Wildman–Crippen LogP) is 1.41. The number of hydrogen-bond acceptors (Lipinski definition) is 5. The lowest BCUT2D eigenvalue weighted by Gasteiger charge is -2.29. The summed E-state index contributed by atoms with van der Waals surface area (Å²) >= 11 is 0. The second-order valence-corrected chi connectivity index (χ2v) is 7.87. The molecule has 0 aromatic heterocycles. The maximum Gasteiger partial charge on any atom is 0.265 e. The van der Waals surface area contributed by atoms with Crippen molar-refractivity contribution in [2.45, 2.75) is 50.2 Å². The number of morpholine rings is 1. The van der Waals surface area contributed by atoms with Crippen LogP contribution in [0.3, 0.4) is 0 Å². The normalized spacial score (nSPS) is 20.5. The highest BCUT2D eigenvalue weighted by molar-refractivity contribution is 6.10. The van der Waals surface area contributed by atoms with E-state index in [1.165, 1.54) is 23.1 Å². The molecule has 10 heteroatoms. The minimum Gasteiger partial charge on any atom is -0.370 e. The number of amides is 3. The number of anilines is 2. The first-order valence-electron chi connectivity index (χ1n) is 10.0. The van der Waals surface area contributed by atoms with Crippen LogP contribution in [0.4, 0.5) is 20.2 Å². The number of nitrogens with two attached hydrogens (primary N) is 1. The molecule has 1 atom stereocenters. The van der Waals surface area contributed by atoms with Gasteiger partial charge in [-0.3, -0.25) is 19.3 Å². The van der Waals surface area contributed by atoms with Gasteiger partial charge >= 0.3 is 0 Å². The van der Waals surface area contributed by atoms with E-state index in [9.17, 15) is 23.2 Å². The van der Waals surface area contributed by atoms with Crippen molar-refractivity contribution >= 4 is 29.1 Å². The van der Waals surface area contributed by atoms with Crippen LogP contribution in [-0.2, 0) is 19.1 Å². The van der Waals surface area contributed by atoms with Crippen molar-refractivity contribution in [1.82, 2.24) is 4.90 Å². The van der Waals surface area contributed by atoms with Gasteiger partial charge in [0.2, 0.25) is 5.91 Å². The molecule has 3 fully saturated rings. The zero-order chi connectivity index (χ0) is 21.4. The summed E-state index contributed by atoms with van der Waals surface area (Å²) in [7, 11) is 0. The quantitative estimate of drug-likeness (QED) is 0.617. The number of alkyl halides is 2. The Labute approximate surface area is 172 Å². The summed E-state index contributed by atoms with van der Waals surface area (Å²) < 4.78 is 32.5. The Bertz CT molecular complexity index is 845. The molecule has 1 heterocycles. The third kappa shape index (κ3) is 4.29. The van der Waals surface area contributed by atoms with Gasteiger partial charge < -0.3 is 20.7 Å². The minimum atomic E-state index is -2.88. The van der Waals surface area contributed by atoms with Crippen LogP contribution in [-0.4, -0.2) is 60.5 Å². The fourth-order valence-corrected chi connectivity index (χ4v) is 3.88. The van der Waals surface area contributed by atoms with Crippen LogP contribution in [0.5, 0.6) is 0 Å². The van der Waals surface area contributed by atoms with Gasteiger partial charge in [0.15, 0.2) is 6.04 Å². The van der Waals surface area contributed by atoms with E-state index in [-0.39, 0.29) is 36.8 Å². The number of nitrogens with zero attached hydrogens (tertiary/aromatic N) is 2. The SMILES string of the molecule is NC(=O)[C@@H](C(=O)Nc1ccc(N2CCOCC2=O)cc1C(F)F)N(C1CC1)C1CC1. The number of rotatable bonds is 8. The van der Waals surface area contributed by atoms with Gasteiger partial charge in [0.25, 0.3) is 18.2 Å². The maximum absolute atomic E-state index is 13.7. The van der Waals surface area contributed by atoms with Crippen molar-refractivity contribution < 1.29 is 27.9 Å². The lowest BCUT2D eigenvalue weighted by Crippen LogP contribution is -2.54. The Morgan fingerprint density at radius 1 is 1.20 bits per heavy atom. The second-order valence-electron chi connectivity index (χ2n) is 7.87. The van der Waals surface area contributed by atoms with Crippen molar-refractivity contribution in [3.05, 3.63) is 23.8 Å². The number of nitrogens with one attached hydrogen (secondary N) is 1. The van der Waals surface area contributed by atoms with Gasteiger partial charge in [-0.05, 0) is 43.9 Å². The molecule has 1 aliphatic heterocycles. The molecule has 2 saturated carbocycles. The molecule has 2 aliphatic carbocycles. The molecular weight excluding hydrogens is 398 g/mol. The Morgan fingerprint density at radius 3 is 2.40 bits per heavy atom. The molecule has 3 amide bonds. The lowest BCUT2D eigenvalue weighted by molar-refractivity contribution is -0.133. The summed E-state index contributed by atoms with van der Waals surface area (Å²) in [6.07, 6.45) is 0.665. The second kappa shape index (κ2) is 8.27. The van der Waals surface area contributed by atoms with E-state index in [4.69, 9.17) is 10.5 Å². The zero-order valence-electron chi connectivity index (χ0n) is 16.4. The van der Waals surface area contributed by atoms with Crippen LogP contribution in [0.15, 0.2) is 18.2 Å². The molecule has 0 radical (unpaired) electrons. The van der Waals surface area contributed by atoms with Crippen molar-refractivity contribution in [1.29, 1.82) is 0 Å². The molecule has 3 aliphatic rings. The van der Waals surface area contributed by atoms with Crippen LogP contribution >= 0.6 is 0 Å². The average Bonchev–Trinajstić information content (AvgIpc) is 3.61. The number of carbonyl (C=O) groups is 3. The van der Waals surface area contributed by atoms with Gasteiger partial charge in [-0.2, -0.15) is 0 Å². The van der Waals surface area contributed by atoms with E-state index in [0.717, 1.165) is 25.7 Å². The van der Waals surface area contributed by atoms with Crippen molar-refractivity contribution in [3.63, 3.8) is 0 Å². The molecule has 1 aromatic rings. The molecule has 30 heavy (non-hydrogen) atoms. The molecule has 1 aromatic carbocycles. The van der Waals surface area contributed by atoms with Crippen molar-refractivity contribution in [2.24, 2.45) is 5.73 Å². The third-order valence-corrected chi connectivity index (χ3v) is 5.58. The van der Waals surface area contributed by atoms with Gasteiger partial charge in [0.05, 0.1) is 6.61 Å². The molecule has 1 saturated heterocycles. The number of ether oxygens (including phenoxy) is 1. The Kier molecular flexibility index (Phi) is 5.70. The van der Waals surface area contributed by atoms with Crippen LogP contribution in [0.1, 0.15) is 37.7 Å². The summed E-state index contributed by atoms with van der Waals surface area (Å²) in [6, 6.07) is 3.06. The summed E-state index contributed by atoms with van der Waals surface area (Å²) in [5.74, 6) is -1.82.